The molecule has 0 radical (unpaired) electrons. The van der Waals surface area contributed by atoms with E-state index < -0.39 is 0 Å². The van der Waals surface area contributed by atoms with Crippen LogP contribution < -0.4 is 15.6 Å². The van der Waals surface area contributed by atoms with Gasteiger partial charge in [-0.2, -0.15) is 0 Å². The quantitative estimate of drug-likeness (QED) is 0.721. The highest BCUT2D eigenvalue weighted by Gasteiger charge is 2.20. The molecule has 0 fully saturated rings. The van der Waals surface area contributed by atoms with Crippen LogP contribution in [0.25, 0.3) is 10.2 Å². The highest BCUT2D eigenvalue weighted by atomic mass is 35.5. The van der Waals surface area contributed by atoms with Gasteiger partial charge in [0, 0.05) is 9.90 Å². The number of nitrogens with zero attached hydrogens (tertiary/aromatic N) is 2. The number of anilines is 1. The molecular formula is C19H18ClN3O3S. The lowest BCUT2D eigenvalue weighted by Gasteiger charge is -2.12. The maximum atomic E-state index is 12.9. The molecule has 1 aliphatic rings. The Morgan fingerprint density at radius 2 is 2.19 bits per heavy atom. The summed E-state index contributed by atoms with van der Waals surface area (Å²) in [6, 6.07) is 4.96. The number of ether oxygens (including phenoxy) is 1. The van der Waals surface area contributed by atoms with Crippen molar-refractivity contribution in [3.63, 3.8) is 0 Å². The molecule has 8 heteroatoms. The lowest BCUT2D eigenvalue weighted by Crippen LogP contribution is -2.28. The minimum atomic E-state index is -0.345. The summed E-state index contributed by atoms with van der Waals surface area (Å²) in [5.41, 5.74) is 1.42. The Labute approximate surface area is 164 Å². The van der Waals surface area contributed by atoms with Gasteiger partial charge >= 0.3 is 0 Å². The van der Waals surface area contributed by atoms with E-state index in [-0.39, 0.29) is 18.0 Å². The van der Waals surface area contributed by atoms with Crippen LogP contribution in [0.2, 0.25) is 5.02 Å². The molecule has 0 unspecified atom stereocenters. The molecule has 4 rings (SSSR count). The Balaban J connectivity index is 1.62. The van der Waals surface area contributed by atoms with Crippen LogP contribution in [0.1, 0.15) is 23.3 Å². The van der Waals surface area contributed by atoms with Crippen molar-refractivity contribution in [2.45, 2.75) is 32.2 Å². The van der Waals surface area contributed by atoms with Crippen molar-refractivity contribution >= 4 is 44.7 Å². The van der Waals surface area contributed by atoms with Gasteiger partial charge in [-0.25, -0.2) is 4.98 Å². The molecule has 27 heavy (non-hydrogen) atoms. The molecule has 1 aliphatic carbocycles. The number of hydrogen-bond acceptors (Lipinski definition) is 5. The first-order valence-corrected chi connectivity index (χ1v) is 9.89. The zero-order valence-corrected chi connectivity index (χ0v) is 16.3. The van der Waals surface area contributed by atoms with E-state index in [1.54, 1.807) is 29.5 Å². The molecule has 0 atom stereocenters. The Morgan fingerprint density at radius 1 is 1.37 bits per heavy atom. The number of rotatable bonds is 4. The van der Waals surface area contributed by atoms with E-state index >= 15 is 0 Å². The van der Waals surface area contributed by atoms with Gasteiger partial charge in [-0.3, -0.25) is 14.2 Å². The van der Waals surface area contributed by atoms with E-state index in [1.807, 2.05) is 0 Å². The van der Waals surface area contributed by atoms with Gasteiger partial charge in [0.15, 0.2) is 0 Å². The summed E-state index contributed by atoms with van der Waals surface area (Å²) in [6.07, 6.45) is 5.59. The van der Waals surface area contributed by atoms with Crippen molar-refractivity contribution in [1.82, 2.24) is 9.55 Å². The van der Waals surface area contributed by atoms with E-state index in [0.29, 0.717) is 21.8 Å². The largest absolute Gasteiger partial charge is 0.495 e. The summed E-state index contributed by atoms with van der Waals surface area (Å²) in [7, 11) is 1.51. The standard InChI is InChI=1S/C19H18ClN3O3S/c1-26-14-7-6-11(20)8-13(14)22-16(24)9-23-10-21-18-17(19(23)25)12-4-2-3-5-15(12)27-18/h6-8,10H,2-5,9H2,1H3,(H,22,24). The van der Waals surface area contributed by atoms with Gasteiger partial charge in [0.1, 0.15) is 17.1 Å². The Bertz CT molecular complexity index is 1090. The molecule has 0 bridgehead atoms. The Morgan fingerprint density at radius 3 is 3.00 bits per heavy atom. The van der Waals surface area contributed by atoms with Crippen molar-refractivity contribution in [2.24, 2.45) is 0 Å². The summed E-state index contributed by atoms with van der Waals surface area (Å²) in [4.78, 5) is 31.8. The molecule has 1 N–H and O–H groups in total. The van der Waals surface area contributed by atoms with Gasteiger partial charge in [0.2, 0.25) is 5.91 Å². The Kier molecular flexibility index (Phi) is 4.88. The maximum absolute atomic E-state index is 12.9. The fourth-order valence-electron chi connectivity index (χ4n) is 3.42. The van der Waals surface area contributed by atoms with Crippen molar-refractivity contribution in [3.05, 3.63) is 50.3 Å². The molecule has 3 aromatic rings. The number of aromatic nitrogens is 2. The van der Waals surface area contributed by atoms with Gasteiger partial charge in [0.25, 0.3) is 5.56 Å². The third kappa shape index (κ3) is 3.44. The number of carbonyl (C=O) groups excluding carboxylic acids is 1. The fraction of sp³-hybridized carbons (Fsp3) is 0.316. The van der Waals surface area contributed by atoms with Gasteiger partial charge in [-0.05, 0) is 49.4 Å². The number of carbonyl (C=O) groups is 1. The SMILES string of the molecule is COc1ccc(Cl)cc1NC(=O)Cn1cnc2sc3c(c2c1=O)CCCC3. The molecule has 140 valence electrons. The molecule has 6 nitrogen and oxygen atoms in total. The predicted octanol–water partition coefficient (Wildman–Crippen LogP) is 3.64. The average Bonchev–Trinajstić information content (AvgIpc) is 3.03. The molecule has 0 aliphatic heterocycles. The zero-order chi connectivity index (χ0) is 19.0. The van der Waals surface area contributed by atoms with E-state index in [1.165, 1.54) is 22.9 Å². The topological polar surface area (TPSA) is 73.2 Å². The van der Waals surface area contributed by atoms with Crippen LogP contribution in [0.5, 0.6) is 5.75 Å². The summed E-state index contributed by atoms with van der Waals surface area (Å²) in [5, 5.41) is 3.90. The first-order valence-electron chi connectivity index (χ1n) is 8.70. The van der Waals surface area contributed by atoms with Gasteiger partial charge in [0.05, 0.1) is 24.5 Å². The van der Waals surface area contributed by atoms with Crippen LogP contribution in [0, 0.1) is 0 Å². The third-order valence-corrected chi connectivity index (χ3v) is 6.13. The molecule has 0 saturated carbocycles. The number of methoxy groups -OCH3 is 1. The van der Waals surface area contributed by atoms with Crippen molar-refractivity contribution < 1.29 is 9.53 Å². The minimum absolute atomic E-state index is 0.123. The van der Waals surface area contributed by atoms with Gasteiger partial charge < -0.3 is 10.1 Å². The summed E-state index contributed by atoms with van der Waals surface area (Å²) in [6.45, 7) is -0.123. The average molecular weight is 404 g/mol. The lowest BCUT2D eigenvalue weighted by atomic mass is 9.97. The second kappa shape index (κ2) is 7.32. The van der Waals surface area contributed by atoms with Gasteiger partial charge in [-0.1, -0.05) is 11.6 Å². The van der Waals surface area contributed by atoms with Crippen LogP contribution in [0.4, 0.5) is 5.69 Å². The van der Waals surface area contributed by atoms with Crippen LogP contribution in [0.3, 0.4) is 0 Å². The highest BCUT2D eigenvalue weighted by Crippen LogP contribution is 2.33. The number of halogens is 1. The number of fused-ring (bicyclic) bond motifs is 3. The number of hydrogen-bond donors (Lipinski definition) is 1. The maximum Gasteiger partial charge on any atom is 0.262 e. The third-order valence-electron chi connectivity index (χ3n) is 4.69. The molecule has 0 saturated heterocycles. The zero-order valence-electron chi connectivity index (χ0n) is 14.8. The molecule has 1 amide bonds. The van der Waals surface area contributed by atoms with Crippen molar-refractivity contribution in [2.75, 3.05) is 12.4 Å². The number of benzene rings is 1. The molecular weight excluding hydrogens is 386 g/mol. The first kappa shape index (κ1) is 18.0. The normalized spacial score (nSPS) is 13.4. The van der Waals surface area contributed by atoms with E-state index in [2.05, 4.69) is 10.3 Å². The van der Waals surface area contributed by atoms with Crippen molar-refractivity contribution in [1.29, 1.82) is 0 Å². The second-order valence-corrected chi connectivity index (χ2v) is 7.98. The first-order chi connectivity index (χ1) is 13.1. The summed E-state index contributed by atoms with van der Waals surface area (Å²) in [5.74, 6) is 0.156. The molecule has 1 aromatic carbocycles. The summed E-state index contributed by atoms with van der Waals surface area (Å²) < 4.78 is 6.59. The van der Waals surface area contributed by atoms with Gasteiger partial charge in [-0.15, -0.1) is 11.3 Å². The van der Waals surface area contributed by atoms with Crippen LogP contribution in [-0.4, -0.2) is 22.6 Å². The van der Waals surface area contributed by atoms with Crippen LogP contribution in [-0.2, 0) is 24.2 Å². The molecule has 2 heterocycles. The van der Waals surface area contributed by atoms with Crippen LogP contribution >= 0.6 is 22.9 Å². The van der Waals surface area contributed by atoms with E-state index in [0.717, 1.165) is 36.1 Å². The smallest absolute Gasteiger partial charge is 0.262 e. The Hall–Kier alpha value is -2.38. The van der Waals surface area contributed by atoms with Crippen LogP contribution in [0.15, 0.2) is 29.3 Å². The highest BCUT2D eigenvalue weighted by molar-refractivity contribution is 7.18. The predicted molar refractivity (Wildman–Crippen MR) is 107 cm³/mol. The number of amides is 1. The number of thiophene rings is 1. The monoisotopic (exact) mass is 403 g/mol. The number of nitrogens with one attached hydrogen (secondary N) is 1. The fourth-order valence-corrected chi connectivity index (χ4v) is 4.81. The minimum Gasteiger partial charge on any atom is -0.495 e. The molecule has 2 aromatic heterocycles. The molecule has 0 spiro atoms. The van der Waals surface area contributed by atoms with Crippen molar-refractivity contribution in [3.8, 4) is 5.75 Å². The van der Waals surface area contributed by atoms with E-state index in [4.69, 9.17) is 16.3 Å². The summed E-state index contributed by atoms with van der Waals surface area (Å²) >= 11 is 7.59. The number of aryl methyl sites for hydroxylation is 2. The second-order valence-electron chi connectivity index (χ2n) is 6.46. The lowest BCUT2D eigenvalue weighted by molar-refractivity contribution is -0.116. The van der Waals surface area contributed by atoms with E-state index in [9.17, 15) is 9.59 Å².